The van der Waals surface area contributed by atoms with E-state index >= 15 is 0 Å². The maximum atomic E-state index is 10.9. The third-order valence-corrected chi connectivity index (χ3v) is 4.89. The summed E-state index contributed by atoms with van der Waals surface area (Å²) in [6.45, 7) is 0. The highest BCUT2D eigenvalue weighted by Gasteiger charge is 2.11. The molecule has 0 saturated heterocycles. The van der Waals surface area contributed by atoms with Gasteiger partial charge in [0.2, 0.25) is 0 Å². The van der Waals surface area contributed by atoms with Crippen molar-refractivity contribution >= 4 is 38.0 Å². The number of carboxylic acids is 1. The van der Waals surface area contributed by atoms with Gasteiger partial charge in [0.25, 0.3) is 0 Å². The second-order valence-corrected chi connectivity index (χ2v) is 6.02. The minimum Gasteiger partial charge on any atom is -0.481 e. The molecule has 1 N–H and O–H groups in total. The van der Waals surface area contributed by atoms with E-state index in [1.807, 2.05) is 24.3 Å². The Morgan fingerprint density at radius 3 is 2.78 bits per heavy atom. The minimum atomic E-state index is -0.791. The average molecular weight is 274 g/mol. The highest BCUT2D eigenvalue weighted by Crippen LogP contribution is 2.37. The minimum absolute atomic E-state index is 0.0712. The number of carbonyl (C=O) groups is 1. The van der Waals surface area contributed by atoms with Crippen molar-refractivity contribution in [1.82, 2.24) is 0 Å². The van der Waals surface area contributed by atoms with Crippen LogP contribution in [0.25, 0.3) is 19.8 Å². The first-order valence-corrected chi connectivity index (χ1v) is 7.21. The molecule has 0 aliphatic rings. The Hall–Kier alpha value is -1.65. The topological polar surface area (TPSA) is 37.3 Å². The molecule has 0 fully saturated rings. The lowest BCUT2D eigenvalue weighted by molar-refractivity contribution is -0.136. The summed E-state index contributed by atoms with van der Waals surface area (Å²) < 4.78 is 2.53. The summed E-state index contributed by atoms with van der Waals surface area (Å²) in [5, 5.41) is 11.0. The molecular formula is C14H10O2S2. The zero-order valence-corrected chi connectivity index (χ0v) is 11.1. The van der Waals surface area contributed by atoms with Crippen molar-refractivity contribution < 1.29 is 9.90 Å². The molecule has 0 saturated carbocycles. The van der Waals surface area contributed by atoms with Gasteiger partial charge in [-0.15, -0.1) is 22.7 Å². The second kappa shape index (κ2) is 4.55. The number of hydrogen-bond acceptors (Lipinski definition) is 3. The van der Waals surface area contributed by atoms with Gasteiger partial charge < -0.3 is 5.11 Å². The molecule has 0 bridgehead atoms. The molecule has 90 valence electrons. The number of aliphatic carboxylic acids is 1. The van der Waals surface area contributed by atoms with Gasteiger partial charge in [0.05, 0.1) is 6.42 Å². The Morgan fingerprint density at radius 1 is 1.17 bits per heavy atom. The van der Waals surface area contributed by atoms with Crippen LogP contribution >= 0.6 is 22.7 Å². The normalized spacial score (nSPS) is 10.9. The van der Waals surface area contributed by atoms with Crippen LogP contribution in [0.15, 0.2) is 41.8 Å². The highest BCUT2D eigenvalue weighted by molar-refractivity contribution is 7.28. The van der Waals surface area contributed by atoms with Crippen LogP contribution in [0.5, 0.6) is 0 Å². The van der Waals surface area contributed by atoms with E-state index in [2.05, 4.69) is 17.5 Å². The molecule has 4 heteroatoms. The molecule has 2 heterocycles. The summed E-state index contributed by atoms with van der Waals surface area (Å²) in [7, 11) is 0. The summed E-state index contributed by atoms with van der Waals surface area (Å²) in [6, 6.07) is 12.0. The molecule has 0 radical (unpaired) electrons. The molecule has 2 aromatic heterocycles. The van der Waals surface area contributed by atoms with Crippen molar-refractivity contribution in [1.29, 1.82) is 0 Å². The number of rotatable bonds is 3. The Bertz CT molecular complexity index is 681. The number of benzene rings is 1. The molecule has 3 rings (SSSR count). The van der Waals surface area contributed by atoms with Crippen molar-refractivity contribution in [3.8, 4) is 10.4 Å². The van der Waals surface area contributed by atoms with E-state index in [0.717, 1.165) is 16.0 Å². The maximum absolute atomic E-state index is 10.9. The van der Waals surface area contributed by atoms with Crippen molar-refractivity contribution in [2.45, 2.75) is 6.42 Å². The van der Waals surface area contributed by atoms with E-state index in [0.29, 0.717) is 0 Å². The van der Waals surface area contributed by atoms with Gasteiger partial charge in [-0.3, -0.25) is 4.79 Å². The fourth-order valence-electron chi connectivity index (χ4n) is 1.98. The lowest BCUT2D eigenvalue weighted by atomic mass is 10.0. The fraction of sp³-hybridized carbons (Fsp3) is 0.0714. The first-order valence-electron chi connectivity index (χ1n) is 5.51. The van der Waals surface area contributed by atoms with Crippen LogP contribution < -0.4 is 0 Å². The third kappa shape index (κ3) is 2.05. The molecule has 0 unspecified atom stereocenters. The molecule has 0 aliphatic heterocycles. The summed E-state index contributed by atoms with van der Waals surface area (Å²) in [4.78, 5) is 12.0. The molecule has 2 nitrogen and oxygen atoms in total. The van der Waals surface area contributed by atoms with Crippen LogP contribution in [0.4, 0.5) is 0 Å². The zero-order valence-electron chi connectivity index (χ0n) is 9.42. The molecular weight excluding hydrogens is 264 g/mol. The SMILES string of the molecule is O=C(O)Cc1ccccc1-c1cc2sccc2s1. The van der Waals surface area contributed by atoms with E-state index < -0.39 is 5.97 Å². The van der Waals surface area contributed by atoms with Gasteiger partial charge in [-0.1, -0.05) is 24.3 Å². The van der Waals surface area contributed by atoms with E-state index in [-0.39, 0.29) is 6.42 Å². The Kier molecular flexibility index (Phi) is 2.89. The predicted octanol–water partition coefficient (Wildman–Crippen LogP) is 4.26. The third-order valence-electron chi connectivity index (χ3n) is 2.76. The van der Waals surface area contributed by atoms with Crippen LogP contribution in [0, 0.1) is 0 Å². The predicted molar refractivity (Wildman–Crippen MR) is 76.5 cm³/mol. The van der Waals surface area contributed by atoms with Gasteiger partial charge in [0.1, 0.15) is 0 Å². The summed E-state index contributed by atoms with van der Waals surface area (Å²) in [5.74, 6) is -0.791. The van der Waals surface area contributed by atoms with Gasteiger partial charge in [0.15, 0.2) is 0 Å². The monoisotopic (exact) mass is 274 g/mol. The quantitative estimate of drug-likeness (QED) is 0.775. The first kappa shape index (κ1) is 11.4. The van der Waals surface area contributed by atoms with Crippen molar-refractivity contribution in [2.75, 3.05) is 0 Å². The van der Waals surface area contributed by atoms with Crippen LogP contribution in [-0.2, 0) is 11.2 Å². The van der Waals surface area contributed by atoms with Gasteiger partial charge in [-0.05, 0) is 28.6 Å². The number of hydrogen-bond donors (Lipinski definition) is 1. The van der Waals surface area contributed by atoms with Crippen LogP contribution in [0.1, 0.15) is 5.56 Å². The average Bonchev–Trinajstić information content (AvgIpc) is 2.89. The Balaban J connectivity index is 2.10. The summed E-state index contributed by atoms with van der Waals surface area (Å²) in [6.07, 6.45) is 0.0712. The summed E-state index contributed by atoms with van der Waals surface area (Å²) >= 11 is 3.43. The Morgan fingerprint density at radius 2 is 2.00 bits per heavy atom. The standard InChI is InChI=1S/C14H10O2S2/c15-14(16)7-9-3-1-2-4-10(9)12-8-13-11(18-12)5-6-17-13/h1-6,8H,7H2,(H,15,16). The molecule has 0 spiro atoms. The largest absolute Gasteiger partial charge is 0.481 e. The fourth-order valence-corrected chi connectivity index (χ4v) is 4.15. The Labute approximate surface area is 112 Å². The van der Waals surface area contributed by atoms with Gasteiger partial charge in [0, 0.05) is 14.3 Å². The summed E-state index contributed by atoms with van der Waals surface area (Å²) in [5.41, 5.74) is 1.91. The smallest absolute Gasteiger partial charge is 0.307 e. The number of fused-ring (bicyclic) bond motifs is 1. The van der Waals surface area contributed by atoms with Gasteiger partial charge in [-0.25, -0.2) is 0 Å². The van der Waals surface area contributed by atoms with Crippen molar-refractivity contribution in [2.24, 2.45) is 0 Å². The number of carboxylic acid groups (broad SMARTS) is 1. The molecule has 1 aromatic carbocycles. The van der Waals surface area contributed by atoms with E-state index in [1.165, 1.54) is 9.40 Å². The maximum Gasteiger partial charge on any atom is 0.307 e. The van der Waals surface area contributed by atoms with Gasteiger partial charge in [-0.2, -0.15) is 0 Å². The molecule has 18 heavy (non-hydrogen) atoms. The van der Waals surface area contributed by atoms with Crippen LogP contribution in [0.3, 0.4) is 0 Å². The molecule has 0 amide bonds. The van der Waals surface area contributed by atoms with E-state index in [1.54, 1.807) is 22.7 Å². The zero-order chi connectivity index (χ0) is 12.5. The van der Waals surface area contributed by atoms with Crippen LogP contribution in [-0.4, -0.2) is 11.1 Å². The molecule has 0 aliphatic carbocycles. The van der Waals surface area contributed by atoms with Crippen molar-refractivity contribution in [3.63, 3.8) is 0 Å². The first-order chi connectivity index (χ1) is 8.74. The van der Waals surface area contributed by atoms with Gasteiger partial charge >= 0.3 is 5.97 Å². The van der Waals surface area contributed by atoms with E-state index in [9.17, 15) is 4.79 Å². The number of thiophene rings is 2. The van der Waals surface area contributed by atoms with E-state index in [4.69, 9.17) is 5.11 Å². The van der Waals surface area contributed by atoms with Crippen molar-refractivity contribution in [3.05, 3.63) is 47.3 Å². The lowest BCUT2D eigenvalue weighted by Gasteiger charge is -2.04. The highest BCUT2D eigenvalue weighted by atomic mass is 32.1. The lowest BCUT2D eigenvalue weighted by Crippen LogP contribution is -2.01. The molecule has 0 atom stereocenters. The molecule has 3 aromatic rings. The van der Waals surface area contributed by atoms with Crippen LogP contribution in [0.2, 0.25) is 0 Å². The second-order valence-electron chi connectivity index (χ2n) is 3.99.